The van der Waals surface area contributed by atoms with Crippen molar-refractivity contribution in [3.63, 3.8) is 0 Å². The number of nitrogens with two attached hydrogens (primary N) is 1. The van der Waals surface area contributed by atoms with Crippen LogP contribution < -0.4 is 5.73 Å². The van der Waals surface area contributed by atoms with Crippen LogP contribution in [0.15, 0.2) is 66.7 Å². The molecule has 1 unspecified atom stereocenters. The minimum atomic E-state index is -0.0266. The van der Waals surface area contributed by atoms with Crippen LogP contribution >= 0.6 is 11.3 Å². The predicted octanol–water partition coefficient (Wildman–Crippen LogP) is 5.38. The first-order valence-corrected chi connectivity index (χ1v) is 10.4. The number of fused-ring (bicyclic) bond motifs is 2. The monoisotopic (exact) mass is 384 g/mol. The number of pyridine rings is 1. The van der Waals surface area contributed by atoms with Crippen molar-refractivity contribution in [1.29, 1.82) is 0 Å². The molecule has 0 fully saturated rings. The van der Waals surface area contributed by atoms with Gasteiger partial charge in [0.25, 0.3) is 0 Å². The average Bonchev–Trinajstić information content (AvgIpc) is 3.08. The summed E-state index contributed by atoms with van der Waals surface area (Å²) in [6, 6.07) is 22.1. The molecule has 0 saturated heterocycles. The number of benzene rings is 2. The van der Waals surface area contributed by atoms with Gasteiger partial charge in [0.2, 0.25) is 5.78 Å². The van der Waals surface area contributed by atoms with Crippen molar-refractivity contribution < 1.29 is 4.79 Å². The van der Waals surface area contributed by atoms with Crippen LogP contribution in [0.2, 0.25) is 0 Å². The molecule has 0 aliphatic heterocycles. The summed E-state index contributed by atoms with van der Waals surface area (Å²) in [6.07, 6.45) is 3.04. The molecule has 4 heteroatoms. The zero-order valence-corrected chi connectivity index (χ0v) is 16.2. The molecule has 4 aromatic rings. The molecule has 1 atom stereocenters. The van der Waals surface area contributed by atoms with Crippen molar-refractivity contribution in [2.45, 2.75) is 25.2 Å². The molecule has 3 nitrogen and oxygen atoms in total. The third-order valence-corrected chi connectivity index (χ3v) is 6.71. The molecule has 0 bridgehead atoms. The van der Waals surface area contributed by atoms with Gasteiger partial charge in [-0.2, -0.15) is 0 Å². The van der Waals surface area contributed by atoms with E-state index in [9.17, 15) is 4.79 Å². The zero-order chi connectivity index (χ0) is 19.1. The van der Waals surface area contributed by atoms with Crippen molar-refractivity contribution >= 4 is 33.0 Å². The molecule has 0 saturated carbocycles. The van der Waals surface area contributed by atoms with Gasteiger partial charge in [-0.15, -0.1) is 11.3 Å². The Hall–Kier alpha value is -2.98. The summed E-state index contributed by atoms with van der Waals surface area (Å²) < 4.78 is 0. The molecule has 1 aliphatic carbocycles. The van der Waals surface area contributed by atoms with Gasteiger partial charge >= 0.3 is 0 Å². The lowest BCUT2D eigenvalue weighted by molar-refractivity contribution is 0.104. The largest absolute Gasteiger partial charge is 0.397 e. The molecule has 138 valence electrons. The number of rotatable bonds is 3. The second-order valence-corrected chi connectivity index (χ2v) is 8.34. The van der Waals surface area contributed by atoms with Gasteiger partial charge in [-0.1, -0.05) is 60.7 Å². The molecule has 1 aliphatic rings. The topological polar surface area (TPSA) is 56.0 Å². The fraction of sp³-hybridized carbons (Fsp3) is 0.167. The van der Waals surface area contributed by atoms with Gasteiger partial charge in [0.1, 0.15) is 9.71 Å². The first-order chi connectivity index (χ1) is 13.7. The molecule has 5 rings (SSSR count). The zero-order valence-electron chi connectivity index (χ0n) is 15.4. The number of carbonyl (C=O) groups is 1. The summed E-state index contributed by atoms with van der Waals surface area (Å²) in [7, 11) is 0. The highest BCUT2D eigenvalue weighted by atomic mass is 32.1. The van der Waals surface area contributed by atoms with Gasteiger partial charge in [-0.25, -0.2) is 4.98 Å². The number of carbonyl (C=O) groups excluding carboxylic acids is 1. The molecular formula is C24H20N2OS. The standard InChI is InChI=1S/C24H20N2OS/c25-21-19-14-18-13-17(15-7-3-1-4-8-15)11-12-20(18)26-24(19)28-23(21)22(27)16-9-5-2-6-10-16/h1-10,14,17H,11-13,25H2. The number of aromatic nitrogens is 1. The van der Waals surface area contributed by atoms with E-state index in [4.69, 9.17) is 10.7 Å². The van der Waals surface area contributed by atoms with Crippen LogP contribution in [0.25, 0.3) is 10.2 Å². The predicted molar refractivity (Wildman–Crippen MR) is 115 cm³/mol. The third kappa shape index (κ3) is 2.90. The summed E-state index contributed by atoms with van der Waals surface area (Å²) in [5, 5.41) is 0.914. The van der Waals surface area contributed by atoms with E-state index in [0.717, 1.165) is 35.2 Å². The summed E-state index contributed by atoms with van der Waals surface area (Å²) in [5.41, 5.74) is 11.4. The number of anilines is 1. The maximum Gasteiger partial charge on any atom is 0.205 e. The van der Waals surface area contributed by atoms with E-state index >= 15 is 0 Å². The molecule has 2 N–H and O–H groups in total. The van der Waals surface area contributed by atoms with E-state index in [1.54, 1.807) is 0 Å². The summed E-state index contributed by atoms with van der Waals surface area (Å²) >= 11 is 1.41. The van der Waals surface area contributed by atoms with E-state index in [2.05, 4.69) is 36.4 Å². The van der Waals surface area contributed by atoms with Gasteiger partial charge in [0.05, 0.1) is 5.69 Å². The highest BCUT2D eigenvalue weighted by Crippen LogP contribution is 2.39. The number of nitrogen functional groups attached to an aromatic ring is 1. The minimum absolute atomic E-state index is 0.0266. The molecule has 2 aromatic carbocycles. The van der Waals surface area contributed by atoms with Crippen molar-refractivity contribution in [2.75, 3.05) is 5.73 Å². The van der Waals surface area contributed by atoms with Gasteiger partial charge in [0.15, 0.2) is 0 Å². The number of ketones is 1. The van der Waals surface area contributed by atoms with E-state index < -0.39 is 0 Å². The van der Waals surface area contributed by atoms with E-state index in [-0.39, 0.29) is 5.78 Å². The summed E-state index contributed by atoms with van der Waals surface area (Å²) in [5.74, 6) is 0.486. The smallest absolute Gasteiger partial charge is 0.205 e. The van der Waals surface area contributed by atoms with Crippen LogP contribution in [0.4, 0.5) is 5.69 Å². The van der Waals surface area contributed by atoms with Crippen LogP contribution in [-0.4, -0.2) is 10.8 Å². The molecule has 0 amide bonds. The Morgan fingerprint density at radius 2 is 1.75 bits per heavy atom. The highest BCUT2D eigenvalue weighted by molar-refractivity contribution is 7.21. The Balaban J connectivity index is 1.53. The normalized spacial score (nSPS) is 16.1. The third-order valence-electron chi connectivity index (χ3n) is 5.60. The van der Waals surface area contributed by atoms with Gasteiger partial charge in [-0.05, 0) is 42.4 Å². The Morgan fingerprint density at radius 1 is 1.04 bits per heavy atom. The van der Waals surface area contributed by atoms with Crippen molar-refractivity contribution in [3.05, 3.63) is 94.0 Å². The van der Waals surface area contributed by atoms with Crippen molar-refractivity contribution in [2.24, 2.45) is 0 Å². The molecule has 0 spiro atoms. The fourth-order valence-electron chi connectivity index (χ4n) is 4.09. The van der Waals surface area contributed by atoms with Crippen LogP contribution in [0.3, 0.4) is 0 Å². The second kappa shape index (κ2) is 6.88. The number of hydrogen-bond acceptors (Lipinski definition) is 4. The van der Waals surface area contributed by atoms with Crippen LogP contribution in [-0.2, 0) is 12.8 Å². The van der Waals surface area contributed by atoms with Gasteiger partial charge in [0, 0.05) is 16.6 Å². The quantitative estimate of drug-likeness (QED) is 0.482. The minimum Gasteiger partial charge on any atom is -0.397 e. The van der Waals surface area contributed by atoms with Crippen LogP contribution in [0.1, 0.15) is 44.4 Å². The number of hydrogen-bond donors (Lipinski definition) is 1. The van der Waals surface area contributed by atoms with E-state index in [1.165, 1.54) is 22.5 Å². The fourth-order valence-corrected chi connectivity index (χ4v) is 5.15. The Labute approximate surface area is 167 Å². The summed E-state index contributed by atoms with van der Waals surface area (Å²) in [6.45, 7) is 0. The lowest BCUT2D eigenvalue weighted by atomic mass is 9.82. The maximum absolute atomic E-state index is 12.9. The Kier molecular flexibility index (Phi) is 4.21. The number of nitrogens with zero attached hydrogens (tertiary/aromatic N) is 1. The summed E-state index contributed by atoms with van der Waals surface area (Å²) in [4.78, 5) is 19.2. The molecular weight excluding hydrogens is 364 g/mol. The van der Waals surface area contributed by atoms with E-state index in [0.29, 0.717) is 22.0 Å². The molecule has 2 aromatic heterocycles. The van der Waals surface area contributed by atoms with Gasteiger partial charge < -0.3 is 5.73 Å². The lowest BCUT2D eigenvalue weighted by Crippen LogP contribution is -2.14. The SMILES string of the molecule is Nc1c(C(=O)c2ccccc2)sc2nc3c(cc12)CC(c1ccccc1)CC3. The first-order valence-electron chi connectivity index (χ1n) is 9.56. The molecule has 28 heavy (non-hydrogen) atoms. The van der Waals surface area contributed by atoms with Gasteiger partial charge in [-0.3, -0.25) is 4.79 Å². The van der Waals surface area contributed by atoms with Crippen LogP contribution in [0, 0.1) is 0 Å². The second-order valence-electron chi connectivity index (χ2n) is 7.34. The highest BCUT2D eigenvalue weighted by Gasteiger charge is 2.24. The molecule has 2 heterocycles. The number of thiophene rings is 1. The number of aryl methyl sites for hydroxylation is 1. The Morgan fingerprint density at radius 3 is 2.50 bits per heavy atom. The Bertz CT molecular complexity index is 1170. The lowest BCUT2D eigenvalue weighted by Gasteiger charge is -2.24. The molecule has 0 radical (unpaired) electrons. The van der Waals surface area contributed by atoms with Crippen molar-refractivity contribution in [3.8, 4) is 0 Å². The van der Waals surface area contributed by atoms with E-state index in [1.807, 2.05) is 30.3 Å². The average molecular weight is 385 g/mol. The first kappa shape index (κ1) is 17.1. The van der Waals surface area contributed by atoms with Crippen LogP contribution in [0.5, 0.6) is 0 Å². The van der Waals surface area contributed by atoms with Crippen molar-refractivity contribution in [1.82, 2.24) is 4.98 Å². The maximum atomic E-state index is 12.9.